The molecule has 8 nitrogen and oxygen atoms in total. The molecule has 0 atom stereocenters. The van der Waals surface area contributed by atoms with Gasteiger partial charge in [0.1, 0.15) is 17.6 Å². The van der Waals surface area contributed by atoms with E-state index >= 15 is 0 Å². The maximum atomic E-state index is 12.9. The van der Waals surface area contributed by atoms with E-state index < -0.39 is 11.5 Å². The van der Waals surface area contributed by atoms with E-state index in [1.807, 2.05) is 49.4 Å². The summed E-state index contributed by atoms with van der Waals surface area (Å²) in [5, 5.41) is 6.34. The Labute approximate surface area is 200 Å². The molecule has 8 heteroatoms. The first-order chi connectivity index (χ1) is 17.0. The van der Waals surface area contributed by atoms with Crippen LogP contribution in [0.15, 0.2) is 88.3 Å². The summed E-state index contributed by atoms with van der Waals surface area (Å²) in [4.78, 5) is 42.8. The van der Waals surface area contributed by atoms with Gasteiger partial charge in [0.25, 0.3) is 11.5 Å². The van der Waals surface area contributed by atoms with Gasteiger partial charge >= 0.3 is 0 Å². The van der Waals surface area contributed by atoms with Gasteiger partial charge in [-0.15, -0.1) is 0 Å². The number of benzene rings is 3. The fraction of sp³-hybridized carbons (Fsp3) is 0.111. The number of carbonyl (C=O) groups excluding carboxylic acids is 2. The molecule has 2 amide bonds. The van der Waals surface area contributed by atoms with Gasteiger partial charge in [0, 0.05) is 11.9 Å². The van der Waals surface area contributed by atoms with E-state index in [1.165, 1.54) is 10.9 Å². The van der Waals surface area contributed by atoms with Gasteiger partial charge in [0.05, 0.1) is 17.6 Å². The monoisotopic (exact) mass is 466 g/mol. The number of hydrogen-bond acceptors (Lipinski definition) is 5. The number of carbonyl (C=O) groups is 2. The molecule has 0 radical (unpaired) electrons. The van der Waals surface area contributed by atoms with Crippen molar-refractivity contribution in [3.63, 3.8) is 0 Å². The molecule has 0 aliphatic rings. The van der Waals surface area contributed by atoms with E-state index in [9.17, 15) is 14.4 Å². The molecular formula is C27H22N4O4. The standard InChI is InChI=1S/C27H22N4O4/c1-17-10-12-18(13-11-17)14-28-26(33)19-6-2-4-8-21(19)30-23(32)15-31-16-29-24-20-7-3-5-9-22(20)35-25(24)27(31)34/h2-13,16H,14-15H2,1H3,(H,28,33)(H,30,32). The lowest BCUT2D eigenvalue weighted by atomic mass is 10.1. The van der Waals surface area contributed by atoms with Crippen LogP contribution in [-0.2, 0) is 17.9 Å². The van der Waals surface area contributed by atoms with Crippen molar-refractivity contribution in [2.75, 3.05) is 5.32 Å². The molecule has 3 aromatic carbocycles. The van der Waals surface area contributed by atoms with Crippen LogP contribution >= 0.6 is 0 Å². The van der Waals surface area contributed by atoms with Crippen LogP contribution in [0.4, 0.5) is 5.69 Å². The van der Waals surface area contributed by atoms with E-state index in [1.54, 1.807) is 30.3 Å². The fourth-order valence-electron chi connectivity index (χ4n) is 3.85. The zero-order chi connectivity index (χ0) is 24.4. The highest BCUT2D eigenvalue weighted by molar-refractivity contribution is 6.04. The molecule has 35 heavy (non-hydrogen) atoms. The Morgan fingerprint density at radius 2 is 1.71 bits per heavy atom. The first-order valence-corrected chi connectivity index (χ1v) is 11.1. The third-order valence-corrected chi connectivity index (χ3v) is 5.68. The molecule has 0 fully saturated rings. The molecular weight excluding hydrogens is 444 g/mol. The van der Waals surface area contributed by atoms with Crippen molar-refractivity contribution >= 4 is 39.6 Å². The predicted molar refractivity (Wildman–Crippen MR) is 133 cm³/mol. The van der Waals surface area contributed by atoms with Gasteiger partial charge in [0.15, 0.2) is 0 Å². The number of nitrogens with zero attached hydrogens (tertiary/aromatic N) is 2. The number of furan rings is 1. The van der Waals surface area contributed by atoms with Crippen molar-refractivity contribution in [3.8, 4) is 0 Å². The highest BCUT2D eigenvalue weighted by Crippen LogP contribution is 2.24. The number of para-hydroxylation sites is 2. The fourth-order valence-corrected chi connectivity index (χ4v) is 3.85. The molecule has 5 aromatic rings. The summed E-state index contributed by atoms with van der Waals surface area (Å²) in [6, 6.07) is 21.8. The van der Waals surface area contributed by atoms with Crippen LogP contribution in [0, 0.1) is 6.92 Å². The van der Waals surface area contributed by atoms with Crippen LogP contribution in [0.5, 0.6) is 0 Å². The summed E-state index contributed by atoms with van der Waals surface area (Å²) < 4.78 is 6.84. The van der Waals surface area contributed by atoms with Crippen molar-refractivity contribution in [2.24, 2.45) is 0 Å². The second kappa shape index (κ2) is 9.26. The third-order valence-electron chi connectivity index (χ3n) is 5.68. The van der Waals surface area contributed by atoms with Crippen LogP contribution in [0.1, 0.15) is 21.5 Å². The highest BCUT2D eigenvalue weighted by Gasteiger charge is 2.16. The Morgan fingerprint density at radius 1 is 0.971 bits per heavy atom. The Kier molecular flexibility index (Phi) is 5.85. The number of aryl methyl sites for hydroxylation is 1. The summed E-state index contributed by atoms with van der Waals surface area (Å²) >= 11 is 0. The molecule has 5 rings (SSSR count). The normalized spacial score (nSPS) is 11.0. The minimum absolute atomic E-state index is 0.0948. The maximum Gasteiger partial charge on any atom is 0.297 e. The molecule has 0 saturated carbocycles. The number of aromatic nitrogens is 2. The molecule has 174 valence electrons. The Bertz CT molecular complexity index is 1620. The van der Waals surface area contributed by atoms with E-state index in [4.69, 9.17) is 4.42 Å². The van der Waals surface area contributed by atoms with Gasteiger partial charge in [0.2, 0.25) is 11.5 Å². The van der Waals surface area contributed by atoms with Gasteiger partial charge in [-0.3, -0.25) is 19.0 Å². The molecule has 0 spiro atoms. The Balaban J connectivity index is 1.31. The van der Waals surface area contributed by atoms with Crippen molar-refractivity contribution in [1.82, 2.24) is 14.9 Å². The summed E-state index contributed by atoms with van der Waals surface area (Å²) in [5.74, 6) is -0.785. The van der Waals surface area contributed by atoms with E-state index in [2.05, 4.69) is 15.6 Å². The lowest BCUT2D eigenvalue weighted by molar-refractivity contribution is -0.116. The van der Waals surface area contributed by atoms with Crippen molar-refractivity contribution < 1.29 is 14.0 Å². The second-order valence-electron chi connectivity index (χ2n) is 8.22. The van der Waals surface area contributed by atoms with E-state index in [0.717, 1.165) is 16.5 Å². The van der Waals surface area contributed by atoms with Crippen molar-refractivity contribution in [3.05, 3.63) is 106 Å². The topological polar surface area (TPSA) is 106 Å². The average molecular weight is 466 g/mol. The van der Waals surface area contributed by atoms with Crippen LogP contribution in [0.25, 0.3) is 22.1 Å². The molecule has 2 aromatic heterocycles. The zero-order valence-corrected chi connectivity index (χ0v) is 18.9. The van der Waals surface area contributed by atoms with E-state index in [-0.39, 0.29) is 18.0 Å². The quantitative estimate of drug-likeness (QED) is 0.393. The SMILES string of the molecule is Cc1ccc(CNC(=O)c2ccccc2NC(=O)Cn2cnc3c(oc4ccccc43)c2=O)cc1. The smallest absolute Gasteiger partial charge is 0.297 e. The first-order valence-electron chi connectivity index (χ1n) is 11.1. The summed E-state index contributed by atoms with van der Waals surface area (Å²) in [5.41, 5.74) is 3.44. The van der Waals surface area contributed by atoms with Gasteiger partial charge < -0.3 is 15.1 Å². The zero-order valence-electron chi connectivity index (χ0n) is 18.9. The Hall–Kier alpha value is -4.72. The Morgan fingerprint density at radius 3 is 2.54 bits per heavy atom. The molecule has 0 unspecified atom stereocenters. The van der Waals surface area contributed by atoms with Gasteiger partial charge in [-0.2, -0.15) is 0 Å². The van der Waals surface area contributed by atoms with Crippen LogP contribution < -0.4 is 16.2 Å². The first kappa shape index (κ1) is 22.1. The number of nitrogens with one attached hydrogen (secondary N) is 2. The number of fused-ring (bicyclic) bond motifs is 3. The molecule has 0 aliphatic heterocycles. The minimum Gasteiger partial charge on any atom is -0.448 e. The number of hydrogen-bond donors (Lipinski definition) is 2. The molecule has 0 saturated heterocycles. The van der Waals surface area contributed by atoms with E-state index in [0.29, 0.717) is 28.9 Å². The third kappa shape index (κ3) is 4.54. The van der Waals surface area contributed by atoms with Crippen LogP contribution in [0.3, 0.4) is 0 Å². The number of rotatable bonds is 6. The van der Waals surface area contributed by atoms with Crippen LogP contribution in [-0.4, -0.2) is 21.4 Å². The second-order valence-corrected chi connectivity index (χ2v) is 8.22. The predicted octanol–water partition coefficient (Wildman–Crippen LogP) is 4.02. The van der Waals surface area contributed by atoms with Gasteiger partial charge in [-0.05, 0) is 36.8 Å². The number of anilines is 1. The summed E-state index contributed by atoms with van der Waals surface area (Å²) in [6.07, 6.45) is 1.33. The van der Waals surface area contributed by atoms with Gasteiger partial charge in [-0.25, -0.2) is 4.98 Å². The van der Waals surface area contributed by atoms with Crippen LogP contribution in [0.2, 0.25) is 0 Å². The highest BCUT2D eigenvalue weighted by atomic mass is 16.3. The molecule has 0 bridgehead atoms. The lowest BCUT2D eigenvalue weighted by Gasteiger charge is -2.12. The largest absolute Gasteiger partial charge is 0.448 e. The maximum absolute atomic E-state index is 12.9. The van der Waals surface area contributed by atoms with Crippen molar-refractivity contribution in [2.45, 2.75) is 20.0 Å². The molecule has 0 aliphatic carbocycles. The minimum atomic E-state index is -0.469. The van der Waals surface area contributed by atoms with Crippen molar-refractivity contribution in [1.29, 1.82) is 0 Å². The molecule has 2 heterocycles. The molecule has 2 N–H and O–H groups in total. The average Bonchev–Trinajstić information content (AvgIpc) is 3.25. The summed E-state index contributed by atoms with van der Waals surface area (Å²) in [6.45, 7) is 2.08. The number of amides is 2. The summed E-state index contributed by atoms with van der Waals surface area (Å²) in [7, 11) is 0. The van der Waals surface area contributed by atoms with Gasteiger partial charge in [-0.1, -0.05) is 54.1 Å². The lowest BCUT2D eigenvalue weighted by Crippen LogP contribution is -2.29.